The molecule has 4 nitrogen and oxygen atoms in total. The maximum Gasteiger partial charge on any atom is 0.146 e. The summed E-state index contributed by atoms with van der Waals surface area (Å²) in [5.74, 6) is 0.705. The van der Waals surface area contributed by atoms with Gasteiger partial charge in [0.2, 0.25) is 0 Å². The highest BCUT2D eigenvalue weighted by Gasteiger charge is 2.44. The van der Waals surface area contributed by atoms with Crippen molar-refractivity contribution in [3.05, 3.63) is 59.1 Å². The molecule has 21 heavy (non-hydrogen) atoms. The third-order valence-electron chi connectivity index (χ3n) is 3.69. The molecule has 1 atom stereocenters. The summed E-state index contributed by atoms with van der Waals surface area (Å²) in [7, 11) is 2.04. The zero-order chi connectivity index (χ0) is 14.9. The lowest BCUT2D eigenvalue weighted by molar-refractivity contribution is 0.265. The van der Waals surface area contributed by atoms with Crippen molar-refractivity contribution < 1.29 is 0 Å². The first-order chi connectivity index (χ1) is 10.1. The zero-order valence-electron chi connectivity index (χ0n) is 11.6. The minimum absolute atomic E-state index is 0.547. The molecule has 0 saturated carbocycles. The second-order valence-electron chi connectivity index (χ2n) is 5.16. The second kappa shape index (κ2) is 5.67. The van der Waals surface area contributed by atoms with Crippen LogP contribution in [0, 0.1) is 0 Å². The Morgan fingerprint density at radius 3 is 2.57 bits per heavy atom. The molecule has 2 aromatic rings. The molecule has 1 aliphatic rings. The van der Waals surface area contributed by atoms with Crippen LogP contribution >= 0.6 is 23.8 Å². The van der Waals surface area contributed by atoms with Gasteiger partial charge in [-0.05, 0) is 30.8 Å². The van der Waals surface area contributed by atoms with Gasteiger partial charge in [0, 0.05) is 24.0 Å². The average molecular weight is 319 g/mol. The molecule has 0 spiro atoms. The van der Waals surface area contributed by atoms with Crippen LogP contribution in [0.4, 0.5) is 0 Å². The number of hydrogen-bond donors (Lipinski definition) is 1. The largest absolute Gasteiger partial charge is 0.366 e. The monoisotopic (exact) mass is 318 g/mol. The van der Waals surface area contributed by atoms with Crippen LogP contribution in [0.5, 0.6) is 0 Å². The first kappa shape index (κ1) is 14.4. The lowest BCUT2D eigenvalue weighted by Crippen LogP contribution is -2.59. The third-order valence-corrected chi connectivity index (χ3v) is 4.43. The van der Waals surface area contributed by atoms with E-state index in [0.29, 0.717) is 10.8 Å². The van der Waals surface area contributed by atoms with Crippen molar-refractivity contribution in [2.24, 2.45) is 0 Å². The number of hydrogen-bond acceptors (Lipinski definition) is 4. The summed E-state index contributed by atoms with van der Waals surface area (Å²) in [5, 5.41) is 3.98. The first-order valence-corrected chi connectivity index (χ1v) is 7.42. The Hall–Kier alpha value is -1.56. The predicted octanol–water partition coefficient (Wildman–Crippen LogP) is 2.24. The fourth-order valence-corrected chi connectivity index (χ4v) is 3.13. The summed E-state index contributed by atoms with van der Waals surface area (Å²) in [6, 6.07) is 9.54. The summed E-state index contributed by atoms with van der Waals surface area (Å²) in [5.41, 5.74) is 0.496. The van der Waals surface area contributed by atoms with Crippen LogP contribution in [-0.4, -0.2) is 40.1 Å². The van der Waals surface area contributed by atoms with E-state index in [0.717, 1.165) is 23.8 Å². The Balaban J connectivity index is 2.19. The molecule has 0 bridgehead atoms. The summed E-state index contributed by atoms with van der Waals surface area (Å²) >= 11 is 11.7. The lowest BCUT2D eigenvalue weighted by atomic mass is 9.77. The van der Waals surface area contributed by atoms with Gasteiger partial charge >= 0.3 is 0 Å². The van der Waals surface area contributed by atoms with Crippen LogP contribution in [0.25, 0.3) is 0 Å². The van der Waals surface area contributed by atoms with E-state index in [1.165, 1.54) is 0 Å². The van der Waals surface area contributed by atoms with Gasteiger partial charge in [-0.2, -0.15) is 0 Å². The van der Waals surface area contributed by atoms with E-state index in [4.69, 9.17) is 23.8 Å². The number of benzene rings is 1. The first-order valence-electron chi connectivity index (χ1n) is 6.63. The number of nitrogens with one attached hydrogen (secondary N) is 1. The van der Waals surface area contributed by atoms with Gasteiger partial charge in [0.1, 0.15) is 11.2 Å². The van der Waals surface area contributed by atoms with Crippen molar-refractivity contribution in [1.29, 1.82) is 0 Å². The highest BCUT2D eigenvalue weighted by atomic mass is 35.5. The third kappa shape index (κ3) is 2.52. The summed E-state index contributed by atoms with van der Waals surface area (Å²) in [6.07, 6.45) is 3.49. The Labute approximate surface area is 134 Å². The average Bonchev–Trinajstić information content (AvgIpc) is 2.51. The van der Waals surface area contributed by atoms with Crippen molar-refractivity contribution in [3.63, 3.8) is 0 Å². The molecule has 2 heterocycles. The molecular weight excluding hydrogens is 304 g/mol. The van der Waals surface area contributed by atoms with Crippen LogP contribution in [0.15, 0.2) is 42.7 Å². The summed E-state index contributed by atoms with van der Waals surface area (Å²) in [6.45, 7) is 1.45. The number of halogens is 1. The maximum atomic E-state index is 6.02. The minimum atomic E-state index is -0.547. The Morgan fingerprint density at radius 2 is 1.90 bits per heavy atom. The Morgan fingerprint density at radius 1 is 1.24 bits per heavy atom. The van der Waals surface area contributed by atoms with Crippen LogP contribution < -0.4 is 5.32 Å². The Bertz CT molecular complexity index is 646. The molecule has 0 aliphatic carbocycles. The predicted molar refractivity (Wildman–Crippen MR) is 87.5 cm³/mol. The highest BCUT2D eigenvalue weighted by molar-refractivity contribution is 7.80. The normalized spacial score (nSPS) is 22.9. The van der Waals surface area contributed by atoms with E-state index in [1.54, 1.807) is 12.4 Å². The van der Waals surface area contributed by atoms with E-state index < -0.39 is 5.41 Å². The van der Waals surface area contributed by atoms with Gasteiger partial charge < -0.3 is 5.32 Å². The molecule has 1 fully saturated rings. The standard InChI is InChI=1S/C15H15ClN4S/c1-20-9-15(14(21)19-10-20,13-17-7-2-8-18-13)11-3-5-12(16)6-4-11/h2-8H,9-10H2,1H3,(H,19,21). The van der Waals surface area contributed by atoms with Gasteiger partial charge in [0.15, 0.2) is 0 Å². The molecule has 0 amide bonds. The number of likely N-dealkylation sites (N-methyl/N-ethyl adjacent to an activating group) is 1. The molecule has 3 rings (SSSR count). The molecular formula is C15H15ClN4S. The maximum absolute atomic E-state index is 6.02. The number of rotatable bonds is 2. The van der Waals surface area contributed by atoms with Crippen molar-refractivity contribution in [2.45, 2.75) is 5.41 Å². The molecule has 108 valence electrons. The van der Waals surface area contributed by atoms with Crippen molar-refractivity contribution >= 4 is 28.8 Å². The topological polar surface area (TPSA) is 41.0 Å². The molecule has 1 saturated heterocycles. The molecule has 1 aromatic heterocycles. The van der Waals surface area contributed by atoms with E-state index in [2.05, 4.69) is 20.2 Å². The van der Waals surface area contributed by atoms with Gasteiger partial charge in [-0.1, -0.05) is 36.0 Å². The van der Waals surface area contributed by atoms with Gasteiger partial charge in [-0.3, -0.25) is 4.90 Å². The van der Waals surface area contributed by atoms with E-state index in [1.807, 2.05) is 37.4 Å². The molecule has 6 heteroatoms. The van der Waals surface area contributed by atoms with Gasteiger partial charge in [0.25, 0.3) is 0 Å². The fourth-order valence-electron chi connectivity index (χ4n) is 2.67. The van der Waals surface area contributed by atoms with Crippen LogP contribution in [0.1, 0.15) is 11.4 Å². The Kier molecular flexibility index (Phi) is 3.89. The summed E-state index contributed by atoms with van der Waals surface area (Å²) < 4.78 is 0. The van der Waals surface area contributed by atoms with Crippen LogP contribution in [0.2, 0.25) is 5.02 Å². The van der Waals surface area contributed by atoms with Crippen LogP contribution in [-0.2, 0) is 5.41 Å². The second-order valence-corrected chi connectivity index (χ2v) is 6.01. The molecule has 0 radical (unpaired) electrons. The minimum Gasteiger partial charge on any atom is -0.366 e. The number of nitrogens with zero attached hydrogens (tertiary/aromatic N) is 3. The SMILES string of the molecule is CN1CNC(=S)C(c2ccc(Cl)cc2)(c2ncccn2)C1. The van der Waals surface area contributed by atoms with E-state index in [-0.39, 0.29) is 0 Å². The van der Waals surface area contributed by atoms with Gasteiger partial charge in [-0.15, -0.1) is 0 Å². The van der Waals surface area contributed by atoms with E-state index >= 15 is 0 Å². The van der Waals surface area contributed by atoms with Crippen LogP contribution in [0.3, 0.4) is 0 Å². The fraction of sp³-hybridized carbons (Fsp3) is 0.267. The number of aromatic nitrogens is 2. The molecule has 1 N–H and O–H groups in total. The van der Waals surface area contributed by atoms with Gasteiger partial charge in [-0.25, -0.2) is 9.97 Å². The summed E-state index contributed by atoms with van der Waals surface area (Å²) in [4.78, 5) is 11.8. The van der Waals surface area contributed by atoms with E-state index in [9.17, 15) is 0 Å². The highest BCUT2D eigenvalue weighted by Crippen LogP contribution is 2.34. The quantitative estimate of drug-likeness (QED) is 0.860. The lowest BCUT2D eigenvalue weighted by Gasteiger charge is -2.41. The zero-order valence-corrected chi connectivity index (χ0v) is 13.2. The molecule has 1 aromatic carbocycles. The molecule has 1 unspecified atom stereocenters. The molecule has 1 aliphatic heterocycles. The van der Waals surface area contributed by atoms with Crippen molar-refractivity contribution in [1.82, 2.24) is 20.2 Å². The van der Waals surface area contributed by atoms with Crippen molar-refractivity contribution in [2.75, 3.05) is 20.3 Å². The van der Waals surface area contributed by atoms with Crippen molar-refractivity contribution in [3.8, 4) is 0 Å². The smallest absolute Gasteiger partial charge is 0.146 e. The van der Waals surface area contributed by atoms with Gasteiger partial charge in [0.05, 0.1) is 11.7 Å². The number of thiocarbonyl (C=S) groups is 1.